The third-order valence-electron chi connectivity index (χ3n) is 2.74. The minimum atomic E-state index is -4.40. The van der Waals surface area contributed by atoms with Gasteiger partial charge in [-0.15, -0.1) is 11.3 Å². The molecule has 0 atom stereocenters. The molecule has 0 aliphatic rings. The zero-order valence-electron chi connectivity index (χ0n) is 10.9. The smallest absolute Gasteiger partial charge is 0.416 e. The lowest BCUT2D eigenvalue weighted by atomic mass is 10.1. The van der Waals surface area contributed by atoms with Crippen LogP contribution in [0.15, 0.2) is 18.2 Å². The molecule has 0 bridgehead atoms. The van der Waals surface area contributed by atoms with Crippen molar-refractivity contribution in [2.24, 2.45) is 0 Å². The molecular weight excluding hydrogens is 327 g/mol. The Morgan fingerprint density at radius 1 is 1.38 bits per heavy atom. The highest BCUT2D eigenvalue weighted by atomic mass is 35.5. The molecule has 0 spiro atoms. The van der Waals surface area contributed by atoms with Crippen LogP contribution in [0, 0.1) is 6.92 Å². The van der Waals surface area contributed by atoms with Gasteiger partial charge in [-0.1, -0.05) is 17.7 Å². The summed E-state index contributed by atoms with van der Waals surface area (Å²) in [5.74, 6) is -0.631. The van der Waals surface area contributed by atoms with E-state index >= 15 is 0 Å². The number of esters is 1. The minimum Gasteiger partial charge on any atom is -0.465 e. The number of hydrogen-bond acceptors (Lipinski definition) is 4. The van der Waals surface area contributed by atoms with Gasteiger partial charge < -0.3 is 4.74 Å². The standard InChI is InChI=1S/C13H9ClF3NO2S/c1-6-5-7(13(15,16)17)3-4-8(6)11-18-10(14)9(21-11)12(19)20-2/h3-5H,1-2H3. The van der Waals surface area contributed by atoms with Crippen LogP contribution in [-0.4, -0.2) is 18.1 Å². The van der Waals surface area contributed by atoms with Gasteiger partial charge >= 0.3 is 12.1 Å². The number of nitrogens with zero attached hydrogens (tertiary/aromatic N) is 1. The summed E-state index contributed by atoms with van der Waals surface area (Å²) >= 11 is 6.82. The molecule has 1 aromatic carbocycles. The summed E-state index contributed by atoms with van der Waals surface area (Å²) in [6.45, 7) is 1.54. The lowest BCUT2D eigenvalue weighted by Crippen LogP contribution is -2.05. The van der Waals surface area contributed by atoms with E-state index in [1.807, 2.05) is 0 Å². The number of aromatic nitrogens is 1. The summed E-state index contributed by atoms with van der Waals surface area (Å²) in [4.78, 5) is 15.6. The van der Waals surface area contributed by atoms with Gasteiger partial charge in [-0.3, -0.25) is 0 Å². The van der Waals surface area contributed by atoms with E-state index in [0.29, 0.717) is 16.1 Å². The second kappa shape index (κ2) is 5.65. The Hall–Kier alpha value is -1.60. The highest BCUT2D eigenvalue weighted by Gasteiger charge is 2.31. The van der Waals surface area contributed by atoms with Crippen molar-refractivity contribution < 1.29 is 22.7 Å². The molecule has 0 saturated heterocycles. The largest absolute Gasteiger partial charge is 0.465 e. The Morgan fingerprint density at radius 2 is 2.05 bits per heavy atom. The number of carbonyl (C=O) groups excluding carboxylic acids is 1. The predicted octanol–water partition coefficient (Wildman–Crippen LogP) is 4.58. The van der Waals surface area contributed by atoms with E-state index in [2.05, 4.69) is 9.72 Å². The minimum absolute atomic E-state index is 0.0267. The Kier molecular flexibility index (Phi) is 4.25. The average molecular weight is 336 g/mol. The maximum atomic E-state index is 12.6. The molecule has 1 aromatic heterocycles. The maximum Gasteiger partial charge on any atom is 0.416 e. The second-order valence-electron chi connectivity index (χ2n) is 4.16. The van der Waals surface area contributed by atoms with Crippen molar-refractivity contribution in [2.75, 3.05) is 7.11 Å². The van der Waals surface area contributed by atoms with E-state index in [9.17, 15) is 18.0 Å². The van der Waals surface area contributed by atoms with Crippen molar-refractivity contribution in [1.82, 2.24) is 4.98 Å². The molecule has 0 radical (unpaired) electrons. The lowest BCUT2D eigenvalue weighted by molar-refractivity contribution is -0.137. The van der Waals surface area contributed by atoms with Gasteiger partial charge in [-0.05, 0) is 24.6 Å². The second-order valence-corrected chi connectivity index (χ2v) is 5.52. The quantitative estimate of drug-likeness (QED) is 0.754. The van der Waals surface area contributed by atoms with Gasteiger partial charge in [0.05, 0.1) is 12.7 Å². The van der Waals surface area contributed by atoms with Crippen LogP contribution in [0.25, 0.3) is 10.6 Å². The molecular formula is C13H9ClF3NO2S. The number of ether oxygens (including phenoxy) is 1. The monoisotopic (exact) mass is 335 g/mol. The molecule has 21 heavy (non-hydrogen) atoms. The number of methoxy groups -OCH3 is 1. The predicted molar refractivity (Wildman–Crippen MR) is 73.6 cm³/mol. The van der Waals surface area contributed by atoms with Crippen molar-refractivity contribution in [1.29, 1.82) is 0 Å². The maximum absolute atomic E-state index is 12.6. The Balaban J connectivity index is 2.46. The van der Waals surface area contributed by atoms with Gasteiger partial charge in [0.1, 0.15) is 5.01 Å². The van der Waals surface area contributed by atoms with Crippen LogP contribution >= 0.6 is 22.9 Å². The summed E-state index contributed by atoms with van der Waals surface area (Å²) in [5, 5.41) is 0.341. The van der Waals surface area contributed by atoms with Gasteiger partial charge in [0.25, 0.3) is 0 Å². The number of thiazole rings is 1. The zero-order valence-corrected chi connectivity index (χ0v) is 12.5. The van der Waals surface area contributed by atoms with Crippen molar-refractivity contribution in [3.05, 3.63) is 39.4 Å². The zero-order chi connectivity index (χ0) is 15.8. The summed E-state index contributed by atoms with van der Waals surface area (Å²) in [6, 6.07) is 3.31. The average Bonchev–Trinajstić information content (AvgIpc) is 2.78. The SMILES string of the molecule is COC(=O)c1sc(-c2ccc(C(F)(F)F)cc2C)nc1Cl. The normalized spacial score (nSPS) is 11.5. The Labute approximate surface area is 127 Å². The van der Waals surface area contributed by atoms with E-state index in [4.69, 9.17) is 11.6 Å². The molecule has 1 heterocycles. The van der Waals surface area contributed by atoms with E-state index in [-0.39, 0.29) is 10.0 Å². The first-order valence-corrected chi connectivity index (χ1v) is 6.86. The summed E-state index contributed by atoms with van der Waals surface area (Å²) in [7, 11) is 1.21. The molecule has 0 unspecified atom stereocenters. The highest BCUT2D eigenvalue weighted by molar-refractivity contribution is 7.17. The van der Waals surface area contributed by atoms with Crippen LogP contribution in [0.2, 0.25) is 5.15 Å². The third kappa shape index (κ3) is 3.19. The Morgan fingerprint density at radius 3 is 2.57 bits per heavy atom. The van der Waals surface area contributed by atoms with Crippen LogP contribution < -0.4 is 0 Å². The first kappa shape index (κ1) is 15.8. The van der Waals surface area contributed by atoms with Crippen LogP contribution in [0.5, 0.6) is 0 Å². The number of aryl methyl sites for hydroxylation is 1. The third-order valence-corrected chi connectivity index (χ3v) is 4.19. The molecule has 2 aromatic rings. The van der Waals surface area contributed by atoms with Crippen molar-refractivity contribution in [3.8, 4) is 10.6 Å². The summed E-state index contributed by atoms with van der Waals surface area (Å²) in [6.07, 6.45) is -4.40. The molecule has 112 valence electrons. The summed E-state index contributed by atoms with van der Waals surface area (Å²) in [5.41, 5.74) is 0.149. The molecule has 2 rings (SSSR count). The van der Waals surface area contributed by atoms with Gasteiger partial charge in [-0.2, -0.15) is 13.2 Å². The number of hydrogen-bond donors (Lipinski definition) is 0. The van der Waals surface area contributed by atoms with Gasteiger partial charge in [0.2, 0.25) is 0 Å². The molecule has 0 amide bonds. The summed E-state index contributed by atoms with van der Waals surface area (Å²) < 4.78 is 42.4. The lowest BCUT2D eigenvalue weighted by Gasteiger charge is -2.09. The molecule has 0 fully saturated rings. The molecule has 0 saturated carbocycles. The van der Waals surface area contributed by atoms with Crippen LogP contribution in [0.4, 0.5) is 13.2 Å². The molecule has 3 nitrogen and oxygen atoms in total. The van der Waals surface area contributed by atoms with E-state index in [1.54, 1.807) is 0 Å². The molecule has 8 heteroatoms. The first-order chi connectivity index (χ1) is 9.74. The number of halogens is 4. The van der Waals surface area contributed by atoms with Crippen LogP contribution in [-0.2, 0) is 10.9 Å². The van der Waals surface area contributed by atoms with E-state index < -0.39 is 17.7 Å². The van der Waals surface area contributed by atoms with Crippen LogP contribution in [0.3, 0.4) is 0 Å². The molecule has 0 aliphatic carbocycles. The van der Waals surface area contributed by atoms with Gasteiger partial charge in [0, 0.05) is 5.56 Å². The van der Waals surface area contributed by atoms with E-state index in [0.717, 1.165) is 23.5 Å². The number of carbonyl (C=O) groups is 1. The van der Waals surface area contributed by atoms with Gasteiger partial charge in [0.15, 0.2) is 10.0 Å². The Bertz CT molecular complexity index is 697. The topological polar surface area (TPSA) is 39.2 Å². The fourth-order valence-electron chi connectivity index (χ4n) is 1.72. The molecule has 0 N–H and O–H groups in total. The van der Waals surface area contributed by atoms with Crippen molar-refractivity contribution >= 4 is 28.9 Å². The van der Waals surface area contributed by atoms with Crippen molar-refractivity contribution in [2.45, 2.75) is 13.1 Å². The highest BCUT2D eigenvalue weighted by Crippen LogP contribution is 2.36. The van der Waals surface area contributed by atoms with Crippen molar-refractivity contribution in [3.63, 3.8) is 0 Å². The first-order valence-electron chi connectivity index (χ1n) is 5.67. The molecule has 0 aliphatic heterocycles. The number of rotatable bonds is 2. The van der Waals surface area contributed by atoms with E-state index in [1.165, 1.54) is 20.1 Å². The fourth-order valence-corrected chi connectivity index (χ4v) is 3.01. The van der Waals surface area contributed by atoms with Crippen LogP contribution in [0.1, 0.15) is 20.8 Å². The van der Waals surface area contributed by atoms with Gasteiger partial charge in [-0.25, -0.2) is 9.78 Å². The fraction of sp³-hybridized carbons (Fsp3) is 0.231. The number of benzene rings is 1. The number of alkyl halides is 3.